The highest BCUT2D eigenvalue weighted by Gasteiger charge is 2.35. The summed E-state index contributed by atoms with van der Waals surface area (Å²) in [6.45, 7) is 5.20. The molecule has 1 aromatic rings. The van der Waals surface area contributed by atoms with Crippen LogP contribution in [0.2, 0.25) is 0 Å². The number of rotatable bonds is 6. The molecule has 0 bridgehead atoms. The molecule has 1 aliphatic heterocycles. The number of carbonyl (C=O) groups is 2. The molecule has 154 valence electrons. The Morgan fingerprint density at radius 1 is 1.21 bits per heavy atom. The SMILES string of the molecule is CCN(CC(=O)O)C1CC(NC(=O)N2CCCN(c3ccccc3F)CC2)C1. The van der Waals surface area contributed by atoms with Crippen LogP contribution in [-0.4, -0.2) is 78.3 Å². The summed E-state index contributed by atoms with van der Waals surface area (Å²) < 4.78 is 14.0. The molecule has 1 saturated heterocycles. The van der Waals surface area contributed by atoms with Crippen molar-refractivity contribution in [2.45, 2.75) is 38.3 Å². The molecule has 28 heavy (non-hydrogen) atoms. The predicted octanol–water partition coefficient (Wildman–Crippen LogP) is 1.98. The Balaban J connectivity index is 1.46. The second kappa shape index (κ2) is 9.23. The summed E-state index contributed by atoms with van der Waals surface area (Å²) in [4.78, 5) is 29.2. The van der Waals surface area contributed by atoms with Gasteiger partial charge >= 0.3 is 12.0 Å². The Labute approximate surface area is 165 Å². The summed E-state index contributed by atoms with van der Waals surface area (Å²) >= 11 is 0. The molecule has 2 fully saturated rings. The van der Waals surface area contributed by atoms with Crippen LogP contribution < -0.4 is 10.2 Å². The molecule has 1 heterocycles. The normalized spacial score (nSPS) is 22.5. The molecule has 0 aromatic heterocycles. The average molecular weight is 392 g/mol. The molecule has 1 aliphatic carbocycles. The lowest BCUT2D eigenvalue weighted by Gasteiger charge is -2.42. The van der Waals surface area contributed by atoms with Crippen molar-refractivity contribution in [3.05, 3.63) is 30.1 Å². The minimum Gasteiger partial charge on any atom is -0.480 e. The van der Waals surface area contributed by atoms with Gasteiger partial charge < -0.3 is 20.2 Å². The van der Waals surface area contributed by atoms with Crippen LogP contribution in [0.15, 0.2) is 24.3 Å². The van der Waals surface area contributed by atoms with Gasteiger partial charge in [0.05, 0.1) is 12.2 Å². The van der Waals surface area contributed by atoms with E-state index in [2.05, 4.69) is 5.32 Å². The van der Waals surface area contributed by atoms with Crippen LogP contribution in [0, 0.1) is 5.82 Å². The van der Waals surface area contributed by atoms with E-state index in [4.69, 9.17) is 5.11 Å². The number of benzene rings is 1. The maximum absolute atomic E-state index is 14.0. The first-order chi connectivity index (χ1) is 13.5. The lowest BCUT2D eigenvalue weighted by molar-refractivity contribution is -0.139. The van der Waals surface area contributed by atoms with E-state index >= 15 is 0 Å². The molecule has 8 heteroatoms. The number of urea groups is 1. The van der Waals surface area contributed by atoms with Crippen LogP contribution in [0.4, 0.5) is 14.9 Å². The van der Waals surface area contributed by atoms with Gasteiger partial charge in [-0.25, -0.2) is 9.18 Å². The second-order valence-electron chi connectivity index (χ2n) is 7.51. The van der Waals surface area contributed by atoms with Crippen molar-refractivity contribution in [3.8, 4) is 0 Å². The first kappa shape index (κ1) is 20.4. The minimum atomic E-state index is -0.821. The number of carboxylic acids is 1. The van der Waals surface area contributed by atoms with E-state index in [1.165, 1.54) is 6.07 Å². The smallest absolute Gasteiger partial charge is 0.317 e. The highest BCUT2D eigenvalue weighted by atomic mass is 19.1. The number of hydrogen-bond acceptors (Lipinski definition) is 4. The molecule has 2 amide bonds. The van der Waals surface area contributed by atoms with Crippen LogP contribution in [0.5, 0.6) is 0 Å². The molecule has 7 nitrogen and oxygen atoms in total. The molecular weight excluding hydrogens is 363 g/mol. The third kappa shape index (κ3) is 4.92. The Kier molecular flexibility index (Phi) is 6.72. The van der Waals surface area contributed by atoms with Gasteiger partial charge in [-0.05, 0) is 37.9 Å². The number of halogens is 1. The van der Waals surface area contributed by atoms with Gasteiger partial charge in [0.25, 0.3) is 0 Å². The Morgan fingerprint density at radius 2 is 1.96 bits per heavy atom. The number of amides is 2. The van der Waals surface area contributed by atoms with Gasteiger partial charge in [-0.2, -0.15) is 0 Å². The lowest BCUT2D eigenvalue weighted by Crippen LogP contribution is -2.57. The predicted molar refractivity (Wildman–Crippen MR) is 105 cm³/mol. The molecule has 0 unspecified atom stereocenters. The van der Waals surface area contributed by atoms with E-state index in [0.717, 1.165) is 25.8 Å². The van der Waals surface area contributed by atoms with Gasteiger partial charge in [0.1, 0.15) is 5.82 Å². The average Bonchev–Trinajstić information content (AvgIpc) is 2.89. The fraction of sp³-hybridized carbons (Fsp3) is 0.600. The molecule has 1 aromatic carbocycles. The van der Waals surface area contributed by atoms with E-state index < -0.39 is 5.97 Å². The summed E-state index contributed by atoms with van der Waals surface area (Å²) in [6, 6.07) is 6.96. The zero-order valence-electron chi connectivity index (χ0n) is 16.3. The van der Waals surface area contributed by atoms with Crippen LogP contribution in [0.3, 0.4) is 0 Å². The van der Waals surface area contributed by atoms with E-state index in [1.54, 1.807) is 17.0 Å². The molecule has 0 radical (unpaired) electrons. The van der Waals surface area contributed by atoms with Gasteiger partial charge in [-0.1, -0.05) is 19.1 Å². The molecular formula is C20H29FN4O3. The number of likely N-dealkylation sites (N-methyl/N-ethyl adjacent to an activating group) is 1. The van der Waals surface area contributed by atoms with Crippen LogP contribution in [0.1, 0.15) is 26.2 Å². The van der Waals surface area contributed by atoms with Crippen molar-refractivity contribution in [2.24, 2.45) is 0 Å². The first-order valence-corrected chi connectivity index (χ1v) is 9.98. The van der Waals surface area contributed by atoms with E-state index in [0.29, 0.717) is 31.9 Å². The number of para-hydroxylation sites is 1. The van der Waals surface area contributed by atoms with Gasteiger partial charge in [0, 0.05) is 38.3 Å². The maximum atomic E-state index is 14.0. The van der Waals surface area contributed by atoms with Gasteiger partial charge in [-0.15, -0.1) is 0 Å². The number of nitrogens with one attached hydrogen (secondary N) is 1. The monoisotopic (exact) mass is 392 g/mol. The highest BCUT2D eigenvalue weighted by Crippen LogP contribution is 2.26. The Morgan fingerprint density at radius 3 is 2.64 bits per heavy atom. The number of carboxylic acid groups (broad SMARTS) is 1. The van der Waals surface area contributed by atoms with Gasteiger partial charge in [0.2, 0.25) is 0 Å². The molecule has 2 N–H and O–H groups in total. The molecule has 2 aliphatic rings. The zero-order chi connectivity index (χ0) is 20.1. The largest absolute Gasteiger partial charge is 0.480 e. The van der Waals surface area contributed by atoms with Gasteiger partial charge in [-0.3, -0.25) is 9.69 Å². The molecule has 0 spiro atoms. The zero-order valence-corrected chi connectivity index (χ0v) is 16.3. The molecule has 1 saturated carbocycles. The third-order valence-corrected chi connectivity index (χ3v) is 5.68. The molecule has 3 rings (SSSR count). The van der Waals surface area contributed by atoms with Crippen LogP contribution in [-0.2, 0) is 4.79 Å². The maximum Gasteiger partial charge on any atom is 0.317 e. The number of anilines is 1. The molecule has 0 atom stereocenters. The van der Waals surface area contributed by atoms with Crippen LogP contribution >= 0.6 is 0 Å². The fourth-order valence-electron chi connectivity index (χ4n) is 4.01. The number of carbonyl (C=O) groups excluding carboxylic acids is 1. The minimum absolute atomic E-state index is 0.0415. The summed E-state index contributed by atoms with van der Waals surface area (Å²) in [5.41, 5.74) is 0.588. The highest BCUT2D eigenvalue weighted by molar-refractivity contribution is 5.75. The summed E-state index contributed by atoms with van der Waals surface area (Å²) in [5.74, 6) is -1.05. The Bertz CT molecular complexity index is 696. The Hall–Kier alpha value is -2.35. The van der Waals surface area contributed by atoms with Crippen LogP contribution in [0.25, 0.3) is 0 Å². The van der Waals surface area contributed by atoms with Crippen molar-refractivity contribution < 1.29 is 19.1 Å². The van der Waals surface area contributed by atoms with Gasteiger partial charge in [0.15, 0.2) is 0 Å². The van der Waals surface area contributed by atoms with Crippen molar-refractivity contribution in [1.82, 2.24) is 15.1 Å². The fourth-order valence-corrected chi connectivity index (χ4v) is 4.01. The van der Waals surface area contributed by atoms with E-state index in [1.807, 2.05) is 22.8 Å². The summed E-state index contributed by atoms with van der Waals surface area (Å²) in [5, 5.41) is 12.0. The number of aliphatic carboxylic acids is 1. The summed E-state index contributed by atoms with van der Waals surface area (Å²) in [7, 11) is 0. The second-order valence-corrected chi connectivity index (χ2v) is 7.51. The number of hydrogen-bond donors (Lipinski definition) is 2. The van der Waals surface area contributed by atoms with E-state index in [9.17, 15) is 14.0 Å². The lowest BCUT2D eigenvalue weighted by atomic mass is 9.85. The van der Waals surface area contributed by atoms with Crippen molar-refractivity contribution >= 4 is 17.7 Å². The topological polar surface area (TPSA) is 76.1 Å². The van der Waals surface area contributed by atoms with E-state index in [-0.39, 0.29) is 30.5 Å². The van der Waals surface area contributed by atoms with Crippen molar-refractivity contribution in [1.29, 1.82) is 0 Å². The number of nitrogens with zero attached hydrogens (tertiary/aromatic N) is 3. The van der Waals surface area contributed by atoms with Crippen molar-refractivity contribution in [3.63, 3.8) is 0 Å². The first-order valence-electron chi connectivity index (χ1n) is 9.98. The standard InChI is InChI=1S/C20H29FN4O3/c1-2-23(14-19(26)27)16-12-15(13-16)22-20(28)25-9-5-8-24(10-11-25)18-7-4-3-6-17(18)21/h3-4,6-7,15-16H,2,5,8-14H2,1H3,(H,22,28)(H,26,27). The third-order valence-electron chi connectivity index (χ3n) is 5.68. The quantitative estimate of drug-likeness (QED) is 0.774. The summed E-state index contributed by atoms with van der Waals surface area (Å²) in [6.07, 6.45) is 2.35. The van der Waals surface area contributed by atoms with Crippen molar-refractivity contribution in [2.75, 3.05) is 44.2 Å².